The van der Waals surface area contributed by atoms with E-state index in [0.717, 1.165) is 21.9 Å². The van der Waals surface area contributed by atoms with Crippen molar-refractivity contribution >= 4 is 31.9 Å². The summed E-state index contributed by atoms with van der Waals surface area (Å²) in [5.74, 6) is 0. The predicted octanol–water partition coefficient (Wildman–Crippen LogP) is 5.61. The van der Waals surface area contributed by atoms with Gasteiger partial charge < -0.3 is 5.32 Å². The lowest BCUT2D eigenvalue weighted by Crippen LogP contribution is -2.23. The van der Waals surface area contributed by atoms with E-state index in [-0.39, 0.29) is 6.04 Å². The largest absolute Gasteiger partial charge is 0.306 e. The minimum atomic E-state index is 0.246. The Morgan fingerprint density at radius 2 is 1.65 bits per heavy atom. The van der Waals surface area contributed by atoms with E-state index in [1.54, 1.807) is 0 Å². The normalized spacial score (nSPS) is 12.4. The summed E-state index contributed by atoms with van der Waals surface area (Å²) in [5.41, 5.74) is 3.94. The molecule has 0 saturated carbocycles. The predicted molar refractivity (Wildman–Crippen MR) is 93.2 cm³/mol. The van der Waals surface area contributed by atoms with Crippen LogP contribution >= 0.6 is 31.9 Å². The average Bonchev–Trinajstić information content (AvgIpc) is 2.42. The molecular weight excluding hydrogens is 378 g/mol. The Labute approximate surface area is 138 Å². The van der Waals surface area contributed by atoms with Gasteiger partial charge >= 0.3 is 0 Å². The Kier molecular flexibility index (Phi) is 5.82. The highest BCUT2D eigenvalue weighted by molar-refractivity contribution is 9.10. The average molecular weight is 397 g/mol. The molecule has 3 heteroatoms. The van der Waals surface area contributed by atoms with Crippen LogP contribution in [0.1, 0.15) is 36.1 Å². The molecule has 0 spiro atoms. The molecule has 0 radical (unpaired) electrons. The van der Waals surface area contributed by atoms with Crippen LogP contribution in [0.2, 0.25) is 0 Å². The van der Waals surface area contributed by atoms with Crippen LogP contribution in [-0.4, -0.2) is 6.54 Å². The third-order valence-corrected chi connectivity index (χ3v) is 4.37. The number of hydrogen-bond donors (Lipinski definition) is 1. The van der Waals surface area contributed by atoms with Gasteiger partial charge in [0.15, 0.2) is 0 Å². The molecule has 106 valence electrons. The van der Waals surface area contributed by atoms with E-state index in [9.17, 15) is 0 Å². The van der Waals surface area contributed by atoms with Crippen LogP contribution in [0, 0.1) is 6.92 Å². The summed E-state index contributed by atoms with van der Waals surface area (Å²) < 4.78 is 2.24. The van der Waals surface area contributed by atoms with Crippen molar-refractivity contribution in [2.45, 2.75) is 26.3 Å². The molecule has 0 heterocycles. The fraction of sp³-hybridized carbons (Fsp3) is 0.294. The molecule has 0 amide bonds. The Bertz CT molecular complexity index is 564. The van der Waals surface area contributed by atoms with Crippen molar-refractivity contribution in [1.29, 1.82) is 0 Å². The molecule has 1 nitrogen and oxygen atoms in total. The molecule has 0 saturated heterocycles. The minimum absolute atomic E-state index is 0.246. The highest BCUT2D eigenvalue weighted by Gasteiger charge is 2.15. The molecular formula is C17H19Br2N. The molecule has 0 aliphatic carbocycles. The molecule has 1 unspecified atom stereocenters. The van der Waals surface area contributed by atoms with Gasteiger partial charge in [-0.3, -0.25) is 0 Å². The number of nitrogens with one attached hydrogen (secondary N) is 1. The Hall–Kier alpha value is -0.640. The molecule has 0 aliphatic rings. The number of halogens is 2. The van der Waals surface area contributed by atoms with Gasteiger partial charge in [-0.05, 0) is 60.8 Å². The van der Waals surface area contributed by atoms with Gasteiger partial charge in [0.25, 0.3) is 0 Å². The first-order valence-corrected chi connectivity index (χ1v) is 8.45. The van der Waals surface area contributed by atoms with Crippen LogP contribution in [0.4, 0.5) is 0 Å². The summed E-state index contributed by atoms with van der Waals surface area (Å²) in [6.07, 6.45) is 1.13. The van der Waals surface area contributed by atoms with Crippen molar-refractivity contribution in [3.05, 3.63) is 68.1 Å². The lowest BCUT2D eigenvalue weighted by molar-refractivity contribution is 0.596. The summed E-state index contributed by atoms with van der Waals surface area (Å²) in [7, 11) is 0. The van der Waals surface area contributed by atoms with Crippen LogP contribution in [0.15, 0.2) is 51.4 Å². The molecule has 1 N–H and O–H groups in total. The van der Waals surface area contributed by atoms with Gasteiger partial charge in [-0.1, -0.05) is 57.0 Å². The zero-order valence-corrected chi connectivity index (χ0v) is 15.0. The lowest BCUT2D eigenvalue weighted by atomic mass is 9.95. The van der Waals surface area contributed by atoms with Crippen LogP contribution < -0.4 is 5.32 Å². The number of rotatable bonds is 5. The summed E-state index contributed by atoms with van der Waals surface area (Å²) in [5, 5.41) is 3.65. The molecule has 1 atom stereocenters. The standard InChI is InChI=1S/C17H19Br2N/c1-3-10-20-17(13-4-6-14(18)7-5-13)16-9-8-15(19)11-12(16)2/h4-9,11,17,20H,3,10H2,1-2H3. The third kappa shape index (κ3) is 3.94. The molecule has 20 heavy (non-hydrogen) atoms. The van der Waals surface area contributed by atoms with E-state index in [0.29, 0.717) is 0 Å². The van der Waals surface area contributed by atoms with Gasteiger partial charge in [0, 0.05) is 8.95 Å². The van der Waals surface area contributed by atoms with Gasteiger partial charge in [0.2, 0.25) is 0 Å². The highest BCUT2D eigenvalue weighted by Crippen LogP contribution is 2.28. The smallest absolute Gasteiger partial charge is 0.0579 e. The number of hydrogen-bond acceptors (Lipinski definition) is 1. The van der Waals surface area contributed by atoms with Crippen LogP contribution in [0.5, 0.6) is 0 Å². The Morgan fingerprint density at radius 1 is 1.00 bits per heavy atom. The highest BCUT2D eigenvalue weighted by atomic mass is 79.9. The maximum absolute atomic E-state index is 3.65. The van der Waals surface area contributed by atoms with Crippen molar-refractivity contribution in [3.63, 3.8) is 0 Å². The SMILES string of the molecule is CCCNC(c1ccc(Br)cc1)c1ccc(Br)cc1C. The molecule has 0 aliphatic heterocycles. The number of aryl methyl sites for hydroxylation is 1. The maximum atomic E-state index is 3.65. The van der Waals surface area contributed by atoms with E-state index in [2.05, 4.69) is 93.5 Å². The van der Waals surface area contributed by atoms with Crippen molar-refractivity contribution in [2.24, 2.45) is 0 Å². The van der Waals surface area contributed by atoms with Crippen molar-refractivity contribution in [2.75, 3.05) is 6.54 Å². The summed E-state index contributed by atoms with van der Waals surface area (Å²) >= 11 is 7.04. The topological polar surface area (TPSA) is 12.0 Å². The first kappa shape index (κ1) is 15.7. The minimum Gasteiger partial charge on any atom is -0.306 e. The van der Waals surface area contributed by atoms with E-state index in [1.807, 2.05) is 0 Å². The van der Waals surface area contributed by atoms with Crippen LogP contribution in [0.25, 0.3) is 0 Å². The van der Waals surface area contributed by atoms with Crippen molar-refractivity contribution in [1.82, 2.24) is 5.32 Å². The molecule has 0 bridgehead atoms. The van der Waals surface area contributed by atoms with Gasteiger partial charge in [-0.2, -0.15) is 0 Å². The first-order chi connectivity index (χ1) is 9.61. The van der Waals surface area contributed by atoms with Gasteiger partial charge in [0.05, 0.1) is 6.04 Å². The monoisotopic (exact) mass is 395 g/mol. The Balaban J connectivity index is 2.38. The molecule has 2 aromatic carbocycles. The maximum Gasteiger partial charge on any atom is 0.0579 e. The van der Waals surface area contributed by atoms with E-state index in [1.165, 1.54) is 16.7 Å². The molecule has 2 rings (SSSR count). The summed E-state index contributed by atoms with van der Waals surface area (Å²) in [4.78, 5) is 0. The van der Waals surface area contributed by atoms with Crippen LogP contribution in [-0.2, 0) is 0 Å². The Morgan fingerprint density at radius 3 is 2.25 bits per heavy atom. The van der Waals surface area contributed by atoms with E-state index < -0.39 is 0 Å². The second kappa shape index (κ2) is 7.39. The fourth-order valence-corrected chi connectivity index (χ4v) is 3.05. The second-order valence-corrected chi connectivity index (χ2v) is 6.77. The molecule has 0 fully saturated rings. The van der Waals surface area contributed by atoms with Gasteiger partial charge in [-0.25, -0.2) is 0 Å². The second-order valence-electron chi connectivity index (χ2n) is 4.94. The lowest BCUT2D eigenvalue weighted by Gasteiger charge is -2.22. The zero-order chi connectivity index (χ0) is 14.5. The number of benzene rings is 2. The molecule has 0 aromatic heterocycles. The summed E-state index contributed by atoms with van der Waals surface area (Å²) in [6.45, 7) is 5.37. The fourth-order valence-electron chi connectivity index (χ4n) is 2.31. The van der Waals surface area contributed by atoms with Crippen LogP contribution in [0.3, 0.4) is 0 Å². The molecule has 2 aromatic rings. The van der Waals surface area contributed by atoms with Crippen molar-refractivity contribution in [3.8, 4) is 0 Å². The van der Waals surface area contributed by atoms with E-state index in [4.69, 9.17) is 0 Å². The quantitative estimate of drug-likeness (QED) is 0.692. The third-order valence-electron chi connectivity index (χ3n) is 3.34. The zero-order valence-electron chi connectivity index (χ0n) is 11.8. The van der Waals surface area contributed by atoms with E-state index >= 15 is 0 Å². The van der Waals surface area contributed by atoms with Gasteiger partial charge in [-0.15, -0.1) is 0 Å². The van der Waals surface area contributed by atoms with Crippen molar-refractivity contribution < 1.29 is 0 Å². The van der Waals surface area contributed by atoms with Gasteiger partial charge in [0.1, 0.15) is 0 Å². The summed E-state index contributed by atoms with van der Waals surface area (Å²) in [6, 6.07) is 15.3. The first-order valence-electron chi connectivity index (χ1n) is 6.86.